The van der Waals surface area contributed by atoms with Crippen LogP contribution in [0.15, 0.2) is 107 Å². The van der Waals surface area contributed by atoms with Gasteiger partial charge < -0.3 is 15.4 Å². The van der Waals surface area contributed by atoms with E-state index in [0.29, 0.717) is 23.6 Å². The number of hydrogen-bond acceptors (Lipinski definition) is 5. The second kappa shape index (κ2) is 13.2. The number of amides is 3. The molecular weight excluding hydrogens is 560 g/mol. The first-order chi connectivity index (χ1) is 18.9. The van der Waals surface area contributed by atoms with Crippen LogP contribution in [0.4, 0.5) is 11.4 Å². The first kappa shape index (κ1) is 27.3. The summed E-state index contributed by atoms with van der Waals surface area (Å²) in [6, 6.07) is 28.7. The van der Waals surface area contributed by atoms with Crippen molar-refractivity contribution in [1.82, 2.24) is 5.43 Å². The van der Waals surface area contributed by atoms with Gasteiger partial charge in [-0.05, 0) is 66.6 Å². The number of rotatable bonds is 8. The van der Waals surface area contributed by atoms with E-state index >= 15 is 0 Å². The van der Waals surface area contributed by atoms with Gasteiger partial charge in [0.1, 0.15) is 12.4 Å². The van der Waals surface area contributed by atoms with Gasteiger partial charge in [-0.15, -0.1) is 0 Å². The van der Waals surface area contributed by atoms with Gasteiger partial charge in [-0.3, -0.25) is 14.4 Å². The fourth-order valence-electron chi connectivity index (χ4n) is 3.56. The van der Waals surface area contributed by atoms with Crippen molar-refractivity contribution in [2.75, 3.05) is 10.6 Å². The molecule has 0 atom stereocenters. The smallest absolute Gasteiger partial charge is 0.329 e. The van der Waals surface area contributed by atoms with Crippen LogP contribution in [0.3, 0.4) is 0 Å². The van der Waals surface area contributed by atoms with Gasteiger partial charge in [0.2, 0.25) is 0 Å². The van der Waals surface area contributed by atoms with Crippen molar-refractivity contribution in [3.8, 4) is 5.75 Å². The van der Waals surface area contributed by atoms with E-state index in [0.717, 1.165) is 15.6 Å². The van der Waals surface area contributed by atoms with Gasteiger partial charge in [0, 0.05) is 15.7 Å². The van der Waals surface area contributed by atoms with Gasteiger partial charge in [0.25, 0.3) is 5.91 Å². The van der Waals surface area contributed by atoms with Crippen LogP contribution in [-0.2, 0) is 16.2 Å². The summed E-state index contributed by atoms with van der Waals surface area (Å²) in [4.78, 5) is 37.7. The average molecular weight is 585 g/mol. The molecule has 0 unspecified atom stereocenters. The molecular formula is C30H25BrN4O4. The number of hydrogen-bond donors (Lipinski definition) is 3. The van der Waals surface area contributed by atoms with Crippen molar-refractivity contribution < 1.29 is 19.1 Å². The quantitative estimate of drug-likeness (QED) is 0.141. The number of carbonyl (C=O) groups is 3. The number of carbonyl (C=O) groups excluding carboxylic acids is 3. The van der Waals surface area contributed by atoms with Crippen molar-refractivity contribution in [3.05, 3.63) is 124 Å². The van der Waals surface area contributed by atoms with Gasteiger partial charge >= 0.3 is 11.8 Å². The summed E-state index contributed by atoms with van der Waals surface area (Å²) in [5.41, 5.74) is 5.83. The Morgan fingerprint density at radius 1 is 0.846 bits per heavy atom. The minimum absolute atomic E-state index is 0.193. The maximum absolute atomic E-state index is 12.8. The first-order valence-electron chi connectivity index (χ1n) is 12.0. The highest BCUT2D eigenvalue weighted by Gasteiger charge is 2.18. The number of ether oxygens (including phenoxy) is 1. The highest BCUT2D eigenvalue weighted by Crippen LogP contribution is 2.20. The Kier molecular flexibility index (Phi) is 9.20. The molecule has 4 aromatic carbocycles. The van der Waals surface area contributed by atoms with E-state index in [9.17, 15) is 14.4 Å². The number of anilines is 2. The molecule has 0 radical (unpaired) electrons. The molecule has 0 fully saturated rings. The summed E-state index contributed by atoms with van der Waals surface area (Å²) in [5, 5.41) is 9.17. The highest BCUT2D eigenvalue weighted by molar-refractivity contribution is 9.10. The number of nitrogens with one attached hydrogen (secondary N) is 3. The van der Waals surface area contributed by atoms with E-state index in [-0.39, 0.29) is 11.3 Å². The number of hydrazone groups is 1. The second-order valence-corrected chi connectivity index (χ2v) is 9.39. The lowest BCUT2D eigenvalue weighted by molar-refractivity contribution is -0.136. The van der Waals surface area contributed by atoms with Crippen LogP contribution in [0.1, 0.15) is 27.0 Å². The summed E-state index contributed by atoms with van der Waals surface area (Å²) < 4.78 is 6.87. The van der Waals surface area contributed by atoms with Crippen molar-refractivity contribution in [2.45, 2.75) is 13.5 Å². The fraction of sp³-hybridized carbons (Fsp3) is 0.0667. The molecule has 0 aliphatic rings. The number of benzene rings is 4. The number of nitrogens with zero attached hydrogens (tertiary/aromatic N) is 1. The predicted octanol–water partition coefficient (Wildman–Crippen LogP) is 5.68. The monoisotopic (exact) mass is 584 g/mol. The Morgan fingerprint density at radius 3 is 2.38 bits per heavy atom. The molecule has 4 rings (SSSR count). The number of halogens is 1. The lowest BCUT2D eigenvalue weighted by atomic mass is 10.1. The molecule has 0 bridgehead atoms. The zero-order valence-electron chi connectivity index (χ0n) is 21.0. The fourth-order valence-corrected chi connectivity index (χ4v) is 3.83. The number of aryl methyl sites for hydroxylation is 1. The van der Waals surface area contributed by atoms with Gasteiger partial charge in [-0.2, -0.15) is 5.10 Å². The minimum Gasteiger partial charge on any atom is -0.488 e. The molecule has 0 saturated heterocycles. The van der Waals surface area contributed by atoms with Crippen molar-refractivity contribution in [1.29, 1.82) is 0 Å². The summed E-state index contributed by atoms with van der Waals surface area (Å²) in [5.74, 6) is -1.82. The van der Waals surface area contributed by atoms with E-state index in [4.69, 9.17) is 4.74 Å². The third-order valence-corrected chi connectivity index (χ3v) is 6.03. The van der Waals surface area contributed by atoms with E-state index < -0.39 is 17.7 Å². The van der Waals surface area contributed by atoms with Crippen LogP contribution in [0, 0.1) is 6.92 Å². The van der Waals surface area contributed by atoms with Crippen molar-refractivity contribution in [2.24, 2.45) is 5.10 Å². The molecule has 9 heteroatoms. The molecule has 0 spiro atoms. The topological polar surface area (TPSA) is 109 Å². The average Bonchev–Trinajstić information content (AvgIpc) is 2.93. The molecule has 39 heavy (non-hydrogen) atoms. The highest BCUT2D eigenvalue weighted by atomic mass is 79.9. The summed E-state index contributed by atoms with van der Waals surface area (Å²) in [7, 11) is 0. The maximum Gasteiger partial charge on any atom is 0.329 e. The van der Waals surface area contributed by atoms with Crippen LogP contribution in [-0.4, -0.2) is 23.9 Å². The van der Waals surface area contributed by atoms with Gasteiger partial charge in [-0.1, -0.05) is 64.5 Å². The summed E-state index contributed by atoms with van der Waals surface area (Å²) in [6.45, 7) is 2.27. The maximum atomic E-state index is 12.8. The largest absolute Gasteiger partial charge is 0.488 e. The molecule has 0 aliphatic carbocycles. The molecule has 0 heterocycles. The Morgan fingerprint density at radius 2 is 1.59 bits per heavy atom. The first-order valence-corrected chi connectivity index (χ1v) is 12.8. The Balaban J connectivity index is 1.35. The lowest BCUT2D eigenvalue weighted by Crippen LogP contribution is -2.33. The molecule has 3 N–H and O–H groups in total. The Bertz CT molecular complexity index is 1520. The summed E-state index contributed by atoms with van der Waals surface area (Å²) >= 11 is 3.41. The van der Waals surface area contributed by atoms with Crippen LogP contribution < -0.4 is 20.8 Å². The van der Waals surface area contributed by atoms with Gasteiger partial charge in [0.15, 0.2) is 0 Å². The molecule has 0 aliphatic heterocycles. The molecule has 3 amide bonds. The molecule has 0 aromatic heterocycles. The Hall–Kier alpha value is -4.76. The van der Waals surface area contributed by atoms with E-state index in [2.05, 4.69) is 37.1 Å². The SMILES string of the molecule is Cc1cccc(NC(=O)c2ccccc2NC(=O)C(=O)NN=Cc2ccccc2OCc2ccc(Br)cc2)c1. The van der Waals surface area contributed by atoms with Gasteiger partial charge in [-0.25, -0.2) is 5.43 Å². The Labute approximate surface area is 234 Å². The molecule has 4 aromatic rings. The minimum atomic E-state index is -0.992. The summed E-state index contributed by atoms with van der Waals surface area (Å²) in [6.07, 6.45) is 1.39. The van der Waals surface area contributed by atoms with Gasteiger partial charge in [0.05, 0.1) is 17.5 Å². The van der Waals surface area contributed by atoms with E-state index in [1.165, 1.54) is 6.21 Å². The molecule has 8 nitrogen and oxygen atoms in total. The van der Waals surface area contributed by atoms with Crippen LogP contribution in [0.5, 0.6) is 5.75 Å². The van der Waals surface area contributed by atoms with Crippen LogP contribution >= 0.6 is 15.9 Å². The van der Waals surface area contributed by atoms with E-state index in [1.807, 2.05) is 55.5 Å². The zero-order valence-corrected chi connectivity index (χ0v) is 22.6. The third kappa shape index (κ3) is 7.86. The zero-order chi connectivity index (χ0) is 27.6. The van der Waals surface area contributed by atoms with Crippen LogP contribution in [0.25, 0.3) is 0 Å². The second-order valence-electron chi connectivity index (χ2n) is 8.48. The standard InChI is InChI=1S/C30H25BrN4O4/c1-20-7-6-9-24(17-20)33-28(36)25-10-3-4-11-26(25)34-29(37)30(38)35-32-18-22-8-2-5-12-27(22)39-19-21-13-15-23(31)16-14-21/h2-18H,19H2,1H3,(H,33,36)(H,34,37)(H,35,38). The van der Waals surface area contributed by atoms with Crippen LogP contribution in [0.2, 0.25) is 0 Å². The van der Waals surface area contributed by atoms with Crippen molar-refractivity contribution >= 4 is 51.2 Å². The van der Waals surface area contributed by atoms with E-state index in [1.54, 1.807) is 48.5 Å². The number of para-hydroxylation sites is 2. The lowest BCUT2D eigenvalue weighted by Gasteiger charge is -2.11. The van der Waals surface area contributed by atoms with Crippen molar-refractivity contribution in [3.63, 3.8) is 0 Å². The predicted molar refractivity (Wildman–Crippen MR) is 155 cm³/mol. The normalized spacial score (nSPS) is 10.6. The third-order valence-electron chi connectivity index (χ3n) is 5.50. The molecule has 0 saturated carbocycles. The molecule has 196 valence electrons.